The Labute approximate surface area is 179 Å². The van der Waals surface area contributed by atoms with E-state index in [-0.39, 0.29) is 17.1 Å². The number of nitrogens with zero attached hydrogens (tertiary/aromatic N) is 2. The van der Waals surface area contributed by atoms with Gasteiger partial charge in [0.05, 0.1) is 0 Å². The van der Waals surface area contributed by atoms with Crippen LogP contribution in [0.4, 0.5) is 0 Å². The van der Waals surface area contributed by atoms with E-state index < -0.39 is 0 Å². The maximum absolute atomic E-state index is 13.4. The molecular weight excluding hydrogens is 368 g/mol. The van der Waals surface area contributed by atoms with Crippen molar-refractivity contribution in [2.75, 3.05) is 13.1 Å². The molecule has 1 aromatic carbocycles. The lowest BCUT2D eigenvalue weighted by Gasteiger charge is -2.44. The molecule has 6 rings (SSSR count). The quantitative estimate of drug-likeness (QED) is 0.657. The lowest BCUT2D eigenvalue weighted by Crippen LogP contribution is -2.48. The van der Waals surface area contributed by atoms with Crippen LogP contribution in [0.5, 0.6) is 0 Å². The Kier molecular flexibility index (Phi) is 4.38. The average molecular weight is 401 g/mol. The molecule has 1 spiro atoms. The van der Waals surface area contributed by atoms with Crippen molar-refractivity contribution >= 4 is 5.78 Å². The van der Waals surface area contributed by atoms with Gasteiger partial charge < -0.3 is 4.90 Å². The molecule has 2 aromatic rings. The van der Waals surface area contributed by atoms with E-state index in [0.717, 1.165) is 29.9 Å². The summed E-state index contributed by atoms with van der Waals surface area (Å²) in [6, 6.07) is 11.4. The van der Waals surface area contributed by atoms with Crippen LogP contribution >= 0.6 is 0 Å². The molecule has 30 heavy (non-hydrogen) atoms. The van der Waals surface area contributed by atoms with Crippen LogP contribution in [0.15, 0.2) is 42.7 Å². The smallest absolute Gasteiger partial charge is 0.170 e. The van der Waals surface area contributed by atoms with Gasteiger partial charge in [-0.2, -0.15) is 0 Å². The third-order valence-electron chi connectivity index (χ3n) is 8.96. The Morgan fingerprint density at radius 2 is 1.87 bits per heavy atom. The van der Waals surface area contributed by atoms with Crippen LogP contribution in [-0.2, 0) is 5.41 Å². The number of likely N-dealkylation sites (tertiary alicyclic amines) is 1. The maximum Gasteiger partial charge on any atom is 0.170 e. The number of benzene rings is 1. The van der Waals surface area contributed by atoms with Crippen molar-refractivity contribution in [3.05, 3.63) is 65.0 Å². The molecule has 1 aromatic heterocycles. The van der Waals surface area contributed by atoms with Gasteiger partial charge in [-0.25, -0.2) is 0 Å². The third kappa shape index (κ3) is 2.89. The third-order valence-corrected chi connectivity index (χ3v) is 8.96. The minimum Gasteiger partial charge on any atom is -0.300 e. The first kappa shape index (κ1) is 18.7. The summed E-state index contributed by atoms with van der Waals surface area (Å²) in [5, 5.41) is 0. The van der Waals surface area contributed by atoms with E-state index in [1.165, 1.54) is 68.3 Å². The maximum atomic E-state index is 13.4. The predicted molar refractivity (Wildman–Crippen MR) is 119 cm³/mol. The number of piperidine rings is 1. The topological polar surface area (TPSA) is 33.2 Å². The van der Waals surface area contributed by atoms with Crippen molar-refractivity contribution in [3.8, 4) is 0 Å². The summed E-state index contributed by atoms with van der Waals surface area (Å²) in [5.74, 6) is 2.24. The first-order valence-corrected chi connectivity index (χ1v) is 11.9. The molecule has 2 heterocycles. The number of Topliss-reactive ketones (excluding diaryl/α,β-unsaturated/α-hetero) is 1. The molecule has 1 aliphatic heterocycles. The van der Waals surface area contributed by atoms with Gasteiger partial charge in [0.25, 0.3) is 0 Å². The summed E-state index contributed by atoms with van der Waals surface area (Å²) in [5.41, 5.74) is 5.07. The summed E-state index contributed by atoms with van der Waals surface area (Å²) in [6.45, 7) is 4.60. The molecule has 0 radical (unpaired) electrons. The van der Waals surface area contributed by atoms with Crippen molar-refractivity contribution in [3.63, 3.8) is 0 Å². The lowest BCUT2D eigenvalue weighted by atomic mass is 9.72. The number of aryl methyl sites for hydroxylation is 1. The number of carbonyl (C=O) groups excluding carboxylic acids is 1. The molecule has 2 saturated carbocycles. The Morgan fingerprint density at radius 1 is 1.07 bits per heavy atom. The van der Waals surface area contributed by atoms with Gasteiger partial charge in [0.2, 0.25) is 0 Å². The number of aromatic nitrogens is 1. The SMILES string of the molecule is Cc1ccc2c(c1)C1(CCN(C3CC4CCC3C4)CC1)CC2C(=O)c1ccncc1. The van der Waals surface area contributed by atoms with E-state index in [4.69, 9.17) is 0 Å². The second-order valence-corrected chi connectivity index (χ2v) is 10.5. The molecular formula is C27H32N2O. The Bertz CT molecular complexity index is 960. The molecule has 3 nitrogen and oxygen atoms in total. The fourth-order valence-corrected chi connectivity index (χ4v) is 7.41. The van der Waals surface area contributed by atoms with Gasteiger partial charge in [-0.3, -0.25) is 9.78 Å². The molecule has 4 unspecified atom stereocenters. The number of pyridine rings is 1. The minimum absolute atomic E-state index is 0.00274. The molecule has 0 N–H and O–H groups in total. The van der Waals surface area contributed by atoms with Gasteiger partial charge in [-0.1, -0.05) is 30.2 Å². The van der Waals surface area contributed by atoms with Gasteiger partial charge in [0, 0.05) is 29.9 Å². The van der Waals surface area contributed by atoms with E-state index in [1.54, 1.807) is 12.4 Å². The van der Waals surface area contributed by atoms with Crippen molar-refractivity contribution in [2.45, 2.75) is 69.2 Å². The molecule has 4 aliphatic rings. The molecule has 3 fully saturated rings. The normalized spacial score (nSPS) is 31.9. The van der Waals surface area contributed by atoms with E-state index in [9.17, 15) is 4.79 Å². The second-order valence-electron chi connectivity index (χ2n) is 10.5. The first-order valence-electron chi connectivity index (χ1n) is 11.9. The van der Waals surface area contributed by atoms with Crippen LogP contribution in [0.1, 0.15) is 77.9 Å². The number of carbonyl (C=O) groups is 1. The Hall–Kier alpha value is -2.00. The summed E-state index contributed by atoms with van der Waals surface area (Å²) < 4.78 is 0. The van der Waals surface area contributed by atoms with E-state index in [0.29, 0.717) is 0 Å². The van der Waals surface area contributed by atoms with Gasteiger partial charge in [0.1, 0.15) is 0 Å². The average Bonchev–Trinajstić information content (AvgIpc) is 3.49. The number of fused-ring (bicyclic) bond motifs is 4. The van der Waals surface area contributed by atoms with Crippen LogP contribution in [-0.4, -0.2) is 34.8 Å². The van der Waals surface area contributed by atoms with Crippen molar-refractivity contribution in [1.82, 2.24) is 9.88 Å². The predicted octanol–water partition coefficient (Wildman–Crippen LogP) is 5.28. The van der Waals surface area contributed by atoms with Crippen LogP contribution in [0, 0.1) is 18.8 Å². The molecule has 0 amide bonds. The molecule has 156 valence electrons. The monoisotopic (exact) mass is 400 g/mol. The highest BCUT2D eigenvalue weighted by Crippen LogP contribution is 2.54. The lowest BCUT2D eigenvalue weighted by molar-refractivity contribution is 0.0781. The second kappa shape index (κ2) is 7.02. The summed E-state index contributed by atoms with van der Waals surface area (Å²) in [4.78, 5) is 20.4. The highest BCUT2D eigenvalue weighted by Gasteiger charge is 2.50. The largest absolute Gasteiger partial charge is 0.300 e. The molecule has 2 bridgehead atoms. The highest BCUT2D eigenvalue weighted by molar-refractivity contribution is 6.01. The van der Waals surface area contributed by atoms with Crippen molar-refractivity contribution in [1.29, 1.82) is 0 Å². The number of hydrogen-bond acceptors (Lipinski definition) is 3. The summed E-state index contributed by atoms with van der Waals surface area (Å²) in [6.07, 6.45) is 12.7. The standard InChI is InChI=1S/C27H32N2O/c1-18-2-5-22-23(26(30)20-6-10-28-11-7-20)17-27(24(22)14-18)8-12-29(13-9-27)25-16-19-3-4-21(25)15-19/h2,5-7,10-11,14,19,21,23,25H,3-4,8-9,12-13,15-17H2,1H3. The van der Waals surface area contributed by atoms with Gasteiger partial charge in [-0.15, -0.1) is 0 Å². The first-order chi connectivity index (χ1) is 14.6. The van der Waals surface area contributed by atoms with Gasteiger partial charge >= 0.3 is 0 Å². The summed E-state index contributed by atoms with van der Waals surface area (Å²) >= 11 is 0. The Morgan fingerprint density at radius 3 is 2.57 bits per heavy atom. The van der Waals surface area contributed by atoms with E-state index >= 15 is 0 Å². The zero-order chi connectivity index (χ0) is 20.3. The zero-order valence-electron chi connectivity index (χ0n) is 18.0. The summed E-state index contributed by atoms with van der Waals surface area (Å²) in [7, 11) is 0. The zero-order valence-corrected chi connectivity index (χ0v) is 18.0. The molecule has 3 aliphatic carbocycles. The number of ketones is 1. The molecule has 4 atom stereocenters. The molecule has 1 saturated heterocycles. The van der Waals surface area contributed by atoms with Crippen LogP contribution in [0.25, 0.3) is 0 Å². The van der Waals surface area contributed by atoms with E-state index in [1.807, 2.05) is 12.1 Å². The van der Waals surface area contributed by atoms with Crippen LogP contribution in [0.2, 0.25) is 0 Å². The van der Waals surface area contributed by atoms with Crippen LogP contribution in [0.3, 0.4) is 0 Å². The van der Waals surface area contributed by atoms with Gasteiger partial charge in [-0.05, 0) is 99.0 Å². The highest BCUT2D eigenvalue weighted by atomic mass is 16.1. The molecule has 3 heteroatoms. The number of rotatable bonds is 3. The van der Waals surface area contributed by atoms with Crippen molar-refractivity contribution in [2.24, 2.45) is 11.8 Å². The van der Waals surface area contributed by atoms with Gasteiger partial charge in [0.15, 0.2) is 5.78 Å². The minimum atomic E-state index is -0.00274. The number of hydrogen-bond donors (Lipinski definition) is 0. The fourth-order valence-electron chi connectivity index (χ4n) is 7.41. The van der Waals surface area contributed by atoms with E-state index in [2.05, 4.69) is 35.0 Å². The van der Waals surface area contributed by atoms with Crippen molar-refractivity contribution < 1.29 is 4.79 Å². The fraction of sp³-hybridized carbons (Fsp3) is 0.556. The Balaban J connectivity index is 1.27. The van der Waals surface area contributed by atoms with Crippen LogP contribution < -0.4 is 0 Å².